The van der Waals surface area contributed by atoms with Gasteiger partial charge >= 0.3 is 0 Å². The Morgan fingerprint density at radius 3 is 2.58 bits per heavy atom. The van der Waals surface area contributed by atoms with Gasteiger partial charge in [0.2, 0.25) is 5.91 Å². The monoisotopic (exact) mass is 360 g/mol. The molecule has 2 aliphatic heterocycles. The van der Waals surface area contributed by atoms with E-state index in [2.05, 4.69) is 15.4 Å². The van der Waals surface area contributed by atoms with Gasteiger partial charge in [0, 0.05) is 37.8 Å². The van der Waals surface area contributed by atoms with E-state index >= 15 is 0 Å². The molecule has 142 valence electrons. The summed E-state index contributed by atoms with van der Waals surface area (Å²) in [5.74, 6) is 0.987. The smallest absolute Gasteiger partial charge is 0.276 e. The van der Waals surface area contributed by atoms with Gasteiger partial charge < -0.3 is 14.7 Å². The molecule has 0 spiro atoms. The van der Waals surface area contributed by atoms with Crippen molar-refractivity contribution in [3.05, 3.63) is 17.5 Å². The van der Waals surface area contributed by atoms with Crippen molar-refractivity contribution in [3.8, 4) is 0 Å². The van der Waals surface area contributed by atoms with Gasteiger partial charge in [0.15, 0.2) is 5.69 Å². The van der Waals surface area contributed by atoms with Crippen LogP contribution in [0.3, 0.4) is 0 Å². The zero-order valence-electron chi connectivity index (χ0n) is 15.4. The molecule has 1 N–H and O–H groups in total. The van der Waals surface area contributed by atoms with E-state index < -0.39 is 0 Å². The Morgan fingerprint density at radius 1 is 1.15 bits per heavy atom. The SMILES string of the molecule is Cc1cc(C(=O)N2CCC(N3CCC[C@H](C(=O)NC4CC4)C3)CC2)no1. The average Bonchev–Trinajstić information content (AvgIpc) is 3.38. The molecule has 0 unspecified atom stereocenters. The summed E-state index contributed by atoms with van der Waals surface area (Å²) in [6.07, 6.45) is 6.27. The molecule has 2 saturated heterocycles. The first-order valence-electron chi connectivity index (χ1n) is 9.87. The Kier molecular flexibility index (Phi) is 4.98. The van der Waals surface area contributed by atoms with Gasteiger partial charge in [-0.1, -0.05) is 5.16 Å². The molecule has 0 radical (unpaired) electrons. The Hall–Kier alpha value is -1.89. The molecule has 7 heteroatoms. The average molecular weight is 360 g/mol. The van der Waals surface area contributed by atoms with E-state index in [0.29, 0.717) is 23.5 Å². The molecule has 1 saturated carbocycles. The second kappa shape index (κ2) is 7.39. The molecule has 3 heterocycles. The number of hydrogen-bond donors (Lipinski definition) is 1. The lowest BCUT2D eigenvalue weighted by Gasteiger charge is -2.41. The topological polar surface area (TPSA) is 78.7 Å². The van der Waals surface area contributed by atoms with Gasteiger partial charge in [-0.2, -0.15) is 0 Å². The van der Waals surface area contributed by atoms with Crippen LogP contribution in [0.25, 0.3) is 0 Å². The first kappa shape index (κ1) is 17.5. The second-order valence-electron chi connectivity index (χ2n) is 7.96. The van der Waals surface area contributed by atoms with Crippen molar-refractivity contribution in [2.45, 2.75) is 57.5 Å². The maximum atomic E-state index is 12.5. The van der Waals surface area contributed by atoms with E-state index in [1.807, 2.05) is 4.90 Å². The van der Waals surface area contributed by atoms with Gasteiger partial charge in [0.05, 0.1) is 5.92 Å². The third-order valence-corrected chi connectivity index (χ3v) is 5.86. The largest absolute Gasteiger partial charge is 0.361 e. The van der Waals surface area contributed by atoms with Crippen LogP contribution in [0.15, 0.2) is 10.6 Å². The summed E-state index contributed by atoms with van der Waals surface area (Å²) in [7, 11) is 0. The highest BCUT2D eigenvalue weighted by Crippen LogP contribution is 2.26. The lowest BCUT2D eigenvalue weighted by molar-refractivity contribution is -0.127. The Morgan fingerprint density at radius 2 is 1.92 bits per heavy atom. The minimum Gasteiger partial charge on any atom is -0.361 e. The standard InChI is InChI=1S/C19H28N4O3/c1-13-11-17(21-26-13)19(25)22-9-6-16(7-10-22)23-8-2-3-14(12-23)18(24)20-15-4-5-15/h11,14-16H,2-10,12H2,1H3,(H,20,24)/t14-/m0/s1. The predicted octanol–water partition coefficient (Wildman–Crippen LogP) is 1.58. The maximum Gasteiger partial charge on any atom is 0.276 e. The molecule has 4 rings (SSSR count). The minimum absolute atomic E-state index is 0.0411. The molecule has 26 heavy (non-hydrogen) atoms. The first-order valence-corrected chi connectivity index (χ1v) is 9.87. The highest BCUT2D eigenvalue weighted by atomic mass is 16.5. The summed E-state index contributed by atoms with van der Waals surface area (Å²) in [4.78, 5) is 29.2. The Balaban J connectivity index is 1.28. The van der Waals surface area contributed by atoms with Gasteiger partial charge in [-0.05, 0) is 52.0 Å². The van der Waals surface area contributed by atoms with Crippen LogP contribution in [0.5, 0.6) is 0 Å². The van der Waals surface area contributed by atoms with E-state index in [-0.39, 0.29) is 17.7 Å². The van der Waals surface area contributed by atoms with Crippen molar-refractivity contribution in [1.29, 1.82) is 0 Å². The Bertz CT molecular complexity index is 661. The molecular weight excluding hydrogens is 332 g/mol. The second-order valence-corrected chi connectivity index (χ2v) is 7.96. The number of likely N-dealkylation sites (tertiary alicyclic amines) is 2. The van der Waals surface area contributed by atoms with Crippen molar-refractivity contribution in [1.82, 2.24) is 20.3 Å². The van der Waals surface area contributed by atoms with Crippen molar-refractivity contribution in [2.75, 3.05) is 26.2 Å². The normalized spacial score (nSPS) is 25.3. The van der Waals surface area contributed by atoms with E-state index in [0.717, 1.165) is 64.7 Å². The van der Waals surface area contributed by atoms with Crippen molar-refractivity contribution >= 4 is 11.8 Å². The number of aromatic nitrogens is 1. The van der Waals surface area contributed by atoms with Gasteiger partial charge in [-0.15, -0.1) is 0 Å². The van der Waals surface area contributed by atoms with E-state index in [9.17, 15) is 9.59 Å². The van der Waals surface area contributed by atoms with Crippen molar-refractivity contribution in [3.63, 3.8) is 0 Å². The zero-order chi connectivity index (χ0) is 18.1. The molecule has 1 aromatic rings. The van der Waals surface area contributed by atoms with Crippen LogP contribution in [0.2, 0.25) is 0 Å². The fourth-order valence-corrected chi connectivity index (χ4v) is 4.16. The van der Waals surface area contributed by atoms with E-state index in [1.165, 1.54) is 0 Å². The fourth-order valence-electron chi connectivity index (χ4n) is 4.16. The van der Waals surface area contributed by atoms with E-state index in [4.69, 9.17) is 4.52 Å². The predicted molar refractivity (Wildman–Crippen MR) is 95.6 cm³/mol. The molecular formula is C19H28N4O3. The molecule has 1 aliphatic carbocycles. The molecule has 3 aliphatic rings. The van der Waals surface area contributed by atoms with Crippen molar-refractivity contribution < 1.29 is 14.1 Å². The molecule has 1 atom stereocenters. The van der Waals surface area contributed by atoms with Crippen LogP contribution in [0.4, 0.5) is 0 Å². The van der Waals surface area contributed by atoms with Crippen LogP contribution >= 0.6 is 0 Å². The van der Waals surface area contributed by atoms with Crippen LogP contribution in [0, 0.1) is 12.8 Å². The van der Waals surface area contributed by atoms with Crippen LogP contribution in [-0.2, 0) is 4.79 Å². The quantitative estimate of drug-likeness (QED) is 0.882. The number of carbonyl (C=O) groups is 2. The molecule has 2 amide bonds. The lowest BCUT2D eigenvalue weighted by Crippen LogP contribution is -2.51. The van der Waals surface area contributed by atoms with Crippen LogP contribution in [-0.4, -0.2) is 65.0 Å². The summed E-state index contributed by atoms with van der Waals surface area (Å²) in [5.41, 5.74) is 0.399. The number of amides is 2. The van der Waals surface area contributed by atoms with Gasteiger partial charge in [-0.3, -0.25) is 14.5 Å². The number of nitrogens with one attached hydrogen (secondary N) is 1. The molecule has 1 aromatic heterocycles. The maximum absolute atomic E-state index is 12.5. The summed E-state index contributed by atoms with van der Waals surface area (Å²) in [5, 5.41) is 6.99. The summed E-state index contributed by atoms with van der Waals surface area (Å²) < 4.78 is 5.02. The number of nitrogens with zero attached hydrogens (tertiary/aromatic N) is 3. The highest BCUT2D eigenvalue weighted by Gasteiger charge is 2.34. The lowest BCUT2D eigenvalue weighted by atomic mass is 9.93. The van der Waals surface area contributed by atoms with Gasteiger partial charge in [0.25, 0.3) is 5.91 Å². The summed E-state index contributed by atoms with van der Waals surface area (Å²) in [6.45, 7) is 5.20. The Labute approximate surface area is 154 Å². The van der Waals surface area contributed by atoms with Gasteiger partial charge in [-0.25, -0.2) is 0 Å². The van der Waals surface area contributed by atoms with Gasteiger partial charge in [0.1, 0.15) is 5.76 Å². The van der Waals surface area contributed by atoms with E-state index in [1.54, 1.807) is 13.0 Å². The number of piperidine rings is 2. The third-order valence-electron chi connectivity index (χ3n) is 5.86. The summed E-state index contributed by atoms with van der Waals surface area (Å²) in [6, 6.07) is 2.60. The number of rotatable bonds is 4. The third kappa shape index (κ3) is 3.92. The van der Waals surface area contributed by atoms with Crippen LogP contribution in [0.1, 0.15) is 54.8 Å². The summed E-state index contributed by atoms with van der Waals surface area (Å²) >= 11 is 0. The number of carbonyl (C=O) groups excluding carboxylic acids is 2. The zero-order valence-corrected chi connectivity index (χ0v) is 15.4. The molecule has 3 fully saturated rings. The van der Waals surface area contributed by atoms with Crippen molar-refractivity contribution in [2.24, 2.45) is 5.92 Å². The van der Waals surface area contributed by atoms with Crippen LogP contribution < -0.4 is 5.32 Å². The first-order chi connectivity index (χ1) is 12.6. The number of aryl methyl sites for hydroxylation is 1. The molecule has 0 aromatic carbocycles. The molecule has 0 bridgehead atoms. The highest BCUT2D eigenvalue weighted by molar-refractivity contribution is 5.92. The molecule has 7 nitrogen and oxygen atoms in total. The minimum atomic E-state index is -0.0411. The number of hydrogen-bond acceptors (Lipinski definition) is 5. The fraction of sp³-hybridized carbons (Fsp3) is 0.737.